The standard InChI is InChI=1S/C4H9N5O/c1-9-4(6-7-8-9)10-3-2-5/h2-3,5H2,1H3. The molecule has 0 aromatic carbocycles. The molecular formula is C4H9N5O. The van der Waals surface area contributed by atoms with E-state index in [1.807, 2.05) is 0 Å². The molecule has 0 aliphatic carbocycles. The van der Waals surface area contributed by atoms with Gasteiger partial charge in [-0.1, -0.05) is 5.10 Å². The number of ether oxygens (including phenoxy) is 1. The Morgan fingerprint density at radius 2 is 2.50 bits per heavy atom. The van der Waals surface area contributed by atoms with Crippen LogP contribution in [0, 0.1) is 0 Å². The van der Waals surface area contributed by atoms with E-state index >= 15 is 0 Å². The molecule has 0 fully saturated rings. The lowest BCUT2D eigenvalue weighted by Crippen LogP contribution is -2.12. The van der Waals surface area contributed by atoms with Gasteiger partial charge >= 0.3 is 6.01 Å². The number of hydrogen-bond donors (Lipinski definition) is 1. The van der Waals surface area contributed by atoms with Crippen molar-refractivity contribution in [1.82, 2.24) is 20.2 Å². The minimum atomic E-state index is 0.394. The molecule has 6 heteroatoms. The molecule has 1 rings (SSSR count). The van der Waals surface area contributed by atoms with Gasteiger partial charge in [0.15, 0.2) is 0 Å². The van der Waals surface area contributed by atoms with Crippen molar-refractivity contribution in [2.75, 3.05) is 13.2 Å². The molecule has 1 heterocycles. The summed E-state index contributed by atoms with van der Waals surface area (Å²) < 4.78 is 6.47. The largest absolute Gasteiger partial charge is 0.461 e. The summed E-state index contributed by atoms with van der Waals surface area (Å²) in [5.41, 5.74) is 5.19. The Labute approximate surface area is 58.0 Å². The maximum Gasteiger partial charge on any atom is 0.335 e. The Kier molecular flexibility index (Phi) is 2.16. The number of nitrogens with zero attached hydrogens (tertiary/aromatic N) is 4. The summed E-state index contributed by atoms with van der Waals surface area (Å²) in [5.74, 6) is 0. The number of nitrogens with two attached hydrogens (primary N) is 1. The highest BCUT2D eigenvalue weighted by Crippen LogP contribution is 1.97. The monoisotopic (exact) mass is 143 g/mol. The predicted octanol–water partition coefficient (Wildman–Crippen LogP) is -1.45. The van der Waals surface area contributed by atoms with E-state index in [1.165, 1.54) is 4.68 Å². The fourth-order valence-corrected chi connectivity index (χ4v) is 0.494. The molecule has 0 radical (unpaired) electrons. The van der Waals surface area contributed by atoms with E-state index < -0.39 is 0 Å². The topological polar surface area (TPSA) is 78.8 Å². The molecule has 2 N–H and O–H groups in total. The van der Waals surface area contributed by atoms with Crippen LogP contribution in [0.4, 0.5) is 0 Å². The van der Waals surface area contributed by atoms with Gasteiger partial charge in [-0.2, -0.15) is 4.68 Å². The van der Waals surface area contributed by atoms with E-state index in [-0.39, 0.29) is 0 Å². The SMILES string of the molecule is Cn1nnnc1OCCN. The predicted molar refractivity (Wildman–Crippen MR) is 33.3 cm³/mol. The highest BCUT2D eigenvalue weighted by atomic mass is 16.5. The summed E-state index contributed by atoms with van der Waals surface area (Å²) in [5, 5.41) is 10.5. The van der Waals surface area contributed by atoms with Gasteiger partial charge in [-0.25, -0.2) is 0 Å². The zero-order chi connectivity index (χ0) is 7.40. The van der Waals surface area contributed by atoms with Crippen LogP contribution in [0.1, 0.15) is 0 Å². The second-order valence-corrected chi connectivity index (χ2v) is 1.72. The average molecular weight is 143 g/mol. The van der Waals surface area contributed by atoms with Crippen molar-refractivity contribution in [3.05, 3.63) is 0 Å². The van der Waals surface area contributed by atoms with E-state index in [4.69, 9.17) is 10.5 Å². The summed E-state index contributed by atoms with van der Waals surface area (Å²) in [4.78, 5) is 0. The lowest BCUT2D eigenvalue weighted by molar-refractivity contribution is 0.287. The van der Waals surface area contributed by atoms with Crippen molar-refractivity contribution in [1.29, 1.82) is 0 Å². The zero-order valence-electron chi connectivity index (χ0n) is 5.69. The van der Waals surface area contributed by atoms with Crippen LogP contribution in [0.25, 0.3) is 0 Å². The van der Waals surface area contributed by atoms with Gasteiger partial charge in [-0.3, -0.25) is 0 Å². The van der Waals surface area contributed by atoms with Crippen LogP contribution < -0.4 is 10.5 Å². The first-order valence-corrected chi connectivity index (χ1v) is 2.90. The molecule has 0 aliphatic rings. The zero-order valence-corrected chi connectivity index (χ0v) is 5.69. The minimum absolute atomic E-state index is 0.394. The number of aromatic nitrogens is 4. The van der Waals surface area contributed by atoms with Crippen molar-refractivity contribution >= 4 is 0 Å². The quantitative estimate of drug-likeness (QED) is 0.560. The highest BCUT2D eigenvalue weighted by Gasteiger charge is 1.99. The molecule has 56 valence electrons. The van der Waals surface area contributed by atoms with Gasteiger partial charge < -0.3 is 10.5 Å². The minimum Gasteiger partial charge on any atom is -0.461 e. The summed E-state index contributed by atoms with van der Waals surface area (Å²) in [6.45, 7) is 0.904. The van der Waals surface area contributed by atoms with Gasteiger partial charge in [-0.15, -0.1) is 0 Å². The molecule has 0 unspecified atom stereocenters. The van der Waals surface area contributed by atoms with E-state index in [9.17, 15) is 0 Å². The smallest absolute Gasteiger partial charge is 0.335 e. The summed E-state index contributed by atoms with van der Waals surface area (Å²) in [7, 11) is 1.70. The summed E-state index contributed by atoms with van der Waals surface area (Å²) in [6.07, 6.45) is 0. The third kappa shape index (κ3) is 1.41. The van der Waals surface area contributed by atoms with E-state index in [0.29, 0.717) is 19.2 Å². The summed E-state index contributed by atoms with van der Waals surface area (Å²) >= 11 is 0. The third-order valence-corrected chi connectivity index (χ3v) is 0.930. The Morgan fingerprint density at radius 1 is 1.70 bits per heavy atom. The summed E-state index contributed by atoms with van der Waals surface area (Å²) in [6, 6.07) is 0.394. The number of tetrazole rings is 1. The van der Waals surface area contributed by atoms with Crippen LogP contribution in [0.3, 0.4) is 0 Å². The third-order valence-electron chi connectivity index (χ3n) is 0.930. The van der Waals surface area contributed by atoms with Gasteiger partial charge in [0, 0.05) is 13.6 Å². The van der Waals surface area contributed by atoms with Crippen LogP contribution in [0.5, 0.6) is 6.01 Å². The van der Waals surface area contributed by atoms with Crippen LogP contribution in [0.15, 0.2) is 0 Å². The van der Waals surface area contributed by atoms with Gasteiger partial charge in [0.1, 0.15) is 6.61 Å². The molecule has 1 aromatic heterocycles. The maximum absolute atomic E-state index is 5.19. The van der Waals surface area contributed by atoms with Crippen molar-refractivity contribution in [2.24, 2.45) is 12.8 Å². The number of rotatable bonds is 3. The molecule has 0 saturated heterocycles. The van der Waals surface area contributed by atoms with Crippen LogP contribution in [-0.2, 0) is 7.05 Å². The molecule has 6 nitrogen and oxygen atoms in total. The maximum atomic E-state index is 5.19. The van der Waals surface area contributed by atoms with Gasteiger partial charge in [-0.05, 0) is 10.4 Å². The van der Waals surface area contributed by atoms with E-state index in [2.05, 4.69) is 15.5 Å². The molecule has 0 bridgehead atoms. The highest BCUT2D eigenvalue weighted by molar-refractivity contribution is 4.84. The molecule has 0 amide bonds. The Bertz CT molecular complexity index is 197. The van der Waals surface area contributed by atoms with Crippen LogP contribution >= 0.6 is 0 Å². The van der Waals surface area contributed by atoms with Crippen molar-refractivity contribution in [3.8, 4) is 6.01 Å². The molecule has 1 aromatic rings. The normalized spacial score (nSPS) is 9.80. The van der Waals surface area contributed by atoms with Crippen LogP contribution in [-0.4, -0.2) is 33.4 Å². The molecule has 0 saturated carbocycles. The number of aryl methyl sites for hydroxylation is 1. The first-order chi connectivity index (χ1) is 4.84. The van der Waals surface area contributed by atoms with E-state index in [0.717, 1.165) is 0 Å². The van der Waals surface area contributed by atoms with Crippen molar-refractivity contribution < 1.29 is 4.74 Å². The molecule has 0 spiro atoms. The van der Waals surface area contributed by atoms with Crippen molar-refractivity contribution in [2.45, 2.75) is 0 Å². The van der Waals surface area contributed by atoms with E-state index in [1.54, 1.807) is 7.05 Å². The van der Waals surface area contributed by atoms with Gasteiger partial charge in [0.2, 0.25) is 0 Å². The second kappa shape index (κ2) is 3.11. The molecule has 10 heavy (non-hydrogen) atoms. The Morgan fingerprint density at radius 3 is 3.00 bits per heavy atom. The molecular weight excluding hydrogens is 134 g/mol. The fourth-order valence-electron chi connectivity index (χ4n) is 0.494. The first kappa shape index (κ1) is 6.94. The van der Waals surface area contributed by atoms with Gasteiger partial charge in [0.25, 0.3) is 0 Å². The van der Waals surface area contributed by atoms with Gasteiger partial charge in [0.05, 0.1) is 0 Å². The fraction of sp³-hybridized carbons (Fsp3) is 0.750. The number of hydrogen-bond acceptors (Lipinski definition) is 5. The molecule has 0 aliphatic heterocycles. The van der Waals surface area contributed by atoms with Crippen LogP contribution in [0.2, 0.25) is 0 Å². The first-order valence-electron chi connectivity index (χ1n) is 2.90. The Hall–Kier alpha value is -1.17. The lowest BCUT2D eigenvalue weighted by Gasteiger charge is -1.98. The molecule has 0 atom stereocenters. The average Bonchev–Trinajstić information content (AvgIpc) is 2.31. The lowest BCUT2D eigenvalue weighted by atomic mass is 10.7. The second-order valence-electron chi connectivity index (χ2n) is 1.72. The van der Waals surface area contributed by atoms with Crippen molar-refractivity contribution in [3.63, 3.8) is 0 Å². The Balaban J connectivity index is 2.49.